The standard InChI is InChI=1S/C7H5Cl2F4NS/c8-3-1-2(5(9)15-3)4(14)7(12,13)6(10)11/h1,4,6H,14H2. The topological polar surface area (TPSA) is 26.0 Å². The minimum absolute atomic E-state index is 0.104. The van der Waals surface area contributed by atoms with Gasteiger partial charge in [-0.05, 0) is 6.07 Å². The quantitative estimate of drug-likeness (QED) is 0.834. The second-order valence-electron chi connectivity index (χ2n) is 2.73. The molecule has 86 valence electrons. The van der Waals surface area contributed by atoms with E-state index in [1.807, 2.05) is 0 Å². The fraction of sp³-hybridized carbons (Fsp3) is 0.429. The lowest BCUT2D eigenvalue weighted by molar-refractivity contribution is -0.144. The van der Waals surface area contributed by atoms with E-state index >= 15 is 0 Å². The van der Waals surface area contributed by atoms with Crippen LogP contribution in [-0.4, -0.2) is 12.3 Å². The Bertz CT molecular complexity index is 355. The van der Waals surface area contributed by atoms with Crippen LogP contribution >= 0.6 is 34.5 Å². The van der Waals surface area contributed by atoms with Gasteiger partial charge in [0.1, 0.15) is 6.04 Å². The maximum Gasteiger partial charge on any atom is 0.326 e. The third kappa shape index (κ3) is 2.55. The maximum atomic E-state index is 12.8. The third-order valence-electron chi connectivity index (χ3n) is 1.72. The van der Waals surface area contributed by atoms with Crippen molar-refractivity contribution in [2.75, 3.05) is 0 Å². The Morgan fingerprint density at radius 1 is 1.33 bits per heavy atom. The van der Waals surface area contributed by atoms with Gasteiger partial charge in [-0.2, -0.15) is 8.78 Å². The largest absolute Gasteiger partial charge is 0.326 e. The normalized spacial score (nSPS) is 14.7. The highest BCUT2D eigenvalue weighted by Gasteiger charge is 2.48. The first-order valence-corrected chi connectivity index (χ1v) is 5.20. The monoisotopic (exact) mass is 281 g/mol. The smallest absolute Gasteiger partial charge is 0.319 e. The van der Waals surface area contributed by atoms with Gasteiger partial charge >= 0.3 is 12.3 Å². The van der Waals surface area contributed by atoms with Gasteiger partial charge in [0.05, 0.1) is 8.67 Å². The molecule has 0 amide bonds. The Kier molecular flexibility index (Phi) is 3.86. The predicted molar refractivity (Wildman–Crippen MR) is 52.2 cm³/mol. The summed E-state index contributed by atoms with van der Waals surface area (Å²) >= 11 is 11.8. The molecular formula is C7H5Cl2F4NS. The van der Waals surface area contributed by atoms with Crippen LogP contribution in [0.1, 0.15) is 11.6 Å². The molecule has 0 radical (unpaired) electrons. The molecule has 1 atom stereocenters. The molecule has 0 aliphatic carbocycles. The first kappa shape index (κ1) is 13.0. The van der Waals surface area contributed by atoms with Crippen LogP contribution in [0, 0.1) is 0 Å². The number of hydrogen-bond acceptors (Lipinski definition) is 2. The number of rotatable bonds is 3. The van der Waals surface area contributed by atoms with Crippen molar-refractivity contribution in [1.82, 2.24) is 0 Å². The van der Waals surface area contributed by atoms with E-state index in [1.54, 1.807) is 0 Å². The lowest BCUT2D eigenvalue weighted by atomic mass is 10.1. The zero-order valence-corrected chi connectivity index (χ0v) is 9.31. The SMILES string of the molecule is NC(c1cc(Cl)sc1Cl)C(F)(F)C(F)F. The van der Waals surface area contributed by atoms with Crippen LogP contribution in [-0.2, 0) is 0 Å². The van der Waals surface area contributed by atoms with Crippen LogP contribution in [0.5, 0.6) is 0 Å². The van der Waals surface area contributed by atoms with E-state index in [0.717, 1.165) is 17.4 Å². The van der Waals surface area contributed by atoms with Gasteiger partial charge < -0.3 is 5.73 Å². The van der Waals surface area contributed by atoms with E-state index < -0.39 is 18.4 Å². The van der Waals surface area contributed by atoms with Crippen molar-refractivity contribution in [3.63, 3.8) is 0 Å². The van der Waals surface area contributed by atoms with Crippen molar-refractivity contribution in [1.29, 1.82) is 0 Å². The molecule has 0 saturated heterocycles. The molecule has 0 saturated carbocycles. The Balaban J connectivity index is 3.04. The maximum absolute atomic E-state index is 12.8. The molecule has 0 spiro atoms. The van der Waals surface area contributed by atoms with Crippen molar-refractivity contribution in [3.05, 3.63) is 20.3 Å². The Morgan fingerprint density at radius 2 is 1.87 bits per heavy atom. The van der Waals surface area contributed by atoms with Gasteiger partial charge in [0.15, 0.2) is 0 Å². The van der Waals surface area contributed by atoms with E-state index in [2.05, 4.69) is 0 Å². The lowest BCUT2D eigenvalue weighted by Gasteiger charge is -2.22. The zero-order chi connectivity index (χ0) is 11.8. The number of nitrogens with two attached hydrogens (primary N) is 1. The molecule has 0 fully saturated rings. The Labute approximate surface area is 96.8 Å². The van der Waals surface area contributed by atoms with E-state index in [-0.39, 0.29) is 14.2 Å². The van der Waals surface area contributed by atoms with Crippen molar-refractivity contribution in [2.24, 2.45) is 5.73 Å². The molecule has 0 aliphatic heterocycles. The highest BCUT2D eigenvalue weighted by atomic mass is 35.5. The highest BCUT2D eigenvalue weighted by molar-refractivity contribution is 7.20. The first-order valence-electron chi connectivity index (χ1n) is 3.63. The van der Waals surface area contributed by atoms with Crippen molar-refractivity contribution >= 4 is 34.5 Å². The predicted octanol–water partition coefficient (Wildman–Crippen LogP) is 3.96. The molecule has 1 unspecified atom stereocenters. The van der Waals surface area contributed by atoms with E-state index in [0.29, 0.717) is 0 Å². The van der Waals surface area contributed by atoms with Crippen LogP contribution in [0.3, 0.4) is 0 Å². The van der Waals surface area contributed by atoms with Gasteiger partial charge in [-0.15, -0.1) is 11.3 Å². The molecule has 1 heterocycles. The summed E-state index contributed by atoms with van der Waals surface area (Å²) in [7, 11) is 0. The van der Waals surface area contributed by atoms with Crippen LogP contribution in [0.15, 0.2) is 6.07 Å². The molecule has 1 nitrogen and oxygen atoms in total. The molecule has 15 heavy (non-hydrogen) atoms. The van der Waals surface area contributed by atoms with Crippen LogP contribution in [0.25, 0.3) is 0 Å². The Morgan fingerprint density at radius 3 is 2.20 bits per heavy atom. The average Bonchev–Trinajstić information content (AvgIpc) is 2.43. The lowest BCUT2D eigenvalue weighted by Crippen LogP contribution is -2.39. The molecule has 0 aromatic carbocycles. The molecular weight excluding hydrogens is 277 g/mol. The molecule has 1 aromatic heterocycles. The second kappa shape index (κ2) is 4.45. The van der Waals surface area contributed by atoms with Crippen LogP contribution in [0.4, 0.5) is 17.6 Å². The minimum atomic E-state index is -4.33. The molecule has 1 rings (SSSR count). The summed E-state index contributed by atoms with van der Waals surface area (Å²) in [5.74, 6) is -4.33. The van der Waals surface area contributed by atoms with Gasteiger partial charge in [0.25, 0.3) is 0 Å². The molecule has 0 bridgehead atoms. The highest BCUT2D eigenvalue weighted by Crippen LogP contribution is 2.41. The minimum Gasteiger partial charge on any atom is -0.319 e. The molecule has 2 N–H and O–H groups in total. The molecule has 8 heteroatoms. The summed E-state index contributed by atoms with van der Waals surface area (Å²) in [4.78, 5) is 0. The van der Waals surface area contributed by atoms with Crippen molar-refractivity contribution < 1.29 is 17.6 Å². The summed E-state index contributed by atoms with van der Waals surface area (Å²) < 4.78 is 49.7. The van der Waals surface area contributed by atoms with E-state index in [4.69, 9.17) is 28.9 Å². The van der Waals surface area contributed by atoms with Crippen LogP contribution < -0.4 is 5.73 Å². The number of thiophene rings is 1. The van der Waals surface area contributed by atoms with E-state index in [1.165, 1.54) is 0 Å². The Hall–Kier alpha value is -0.0400. The molecule has 1 aromatic rings. The second-order valence-corrected chi connectivity index (χ2v) is 5.02. The fourth-order valence-electron chi connectivity index (χ4n) is 0.908. The third-order valence-corrected chi connectivity index (χ3v) is 3.24. The van der Waals surface area contributed by atoms with Gasteiger partial charge in [0.2, 0.25) is 0 Å². The summed E-state index contributed by atoms with van der Waals surface area (Å²) in [5, 5.41) is 0. The summed E-state index contributed by atoms with van der Waals surface area (Å²) in [6.45, 7) is 0. The number of halogens is 6. The average molecular weight is 282 g/mol. The number of hydrogen-bond donors (Lipinski definition) is 1. The fourth-order valence-corrected chi connectivity index (χ4v) is 2.46. The van der Waals surface area contributed by atoms with Gasteiger partial charge in [-0.3, -0.25) is 0 Å². The number of alkyl halides is 4. The zero-order valence-electron chi connectivity index (χ0n) is 6.99. The van der Waals surface area contributed by atoms with Gasteiger partial charge in [0, 0.05) is 5.56 Å². The van der Waals surface area contributed by atoms with Gasteiger partial charge in [-0.1, -0.05) is 23.2 Å². The first-order chi connectivity index (χ1) is 6.76. The van der Waals surface area contributed by atoms with Gasteiger partial charge in [-0.25, -0.2) is 8.78 Å². The molecule has 0 aliphatic rings. The van der Waals surface area contributed by atoms with Crippen molar-refractivity contribution in [2.45, 2.75) is 18.4 Å². The summed E-state index contributed by atoms with van der Waals surface area (Å²) in [6.07, 6.45) is -3.85. The van der Waals surface area contributed by atoms with Crippen LogP contribution in [0.2, 0.25) is 8.67 Å². The van der Waals surface area contributed by atoms with E-state index in [9.17, 15) is 17.6 Å². The summed E-state index contributed by atoms with van der Waals surface area (Å²) in [5.41, 5.74) is 4.75. The summed E-state index contributed by atoms with van der Waals surface area (Å²) in [6, 6.07) is -1.09. The van der Waals surface area contributed by atoms with Crippen molar-refractivity contribution in [3.8, 4) is 0 Å².